The van der Waals surface area contributed by atoms with Gasteiger partial charge in [-0.25, -0.2) is 13.4 Å². The highest BCUT2D eigenvalue weighted by Crippen LogP contribution is 2.35. The Morgan fingerprint density at radius 2 is 1.90 bits per heavy atom. The Hall–Kier alpha value is -2.94. The van der Waals surface area contributed by atoms with Crippen LogP contribution in [0.1, 0.15) is 54.7 Å². The second-order valence-corrected chi connectivity index (χ2v) is 9.40. The third kappa shape index (κ3) is 5.79. The number of rotatable bonds is 7. The van der Waals surface area contributed by atoms with Crippen LogP contribution in [0.25, 0.3) is 0 Å². The monoisotopic (exact) mass is 430 g/mol. The summed E-state index contributed by atoms with van der Waals surface area (Å²) in [7, 11) is -3.30. The predicted octanol–water partition coefficient (Wildman–Crippen LogP) is 3.19. The number of nitrogens with zero attached hydrogens (tertiary/aromatic N) is 2. The second kappa shape index (κ2) is 9.25. The first kappa shape index (κ1) is 21.8. The van der Waals surface area contributed by atoms with Crippen LogP contribution < -0.4 is 15.8 Å². The topological polar surface area (TPSA) is 124 Å². The summed E-state index contributed by atoms with van der Waals surface area (Å²) in [6.45, 7) is 1.65. The van der Waals surface area contributed by atoms with Crippen LogP contribution in [0.5, 0.6) is 11.6 Å². The molecule has 1 amide bonds. The fourth-order valence-corrected chi connectivity index (χ4v) is 3.84. The average Bonchev–Trinajstić information content (AvgIpc) is 3.21. The molecule has 1 aromatic heterocycles. The molecule has 0 saturated heterocycles. The average molecular weight is 431 g/mol. The van der Waals surface area contributed by atoms with Crippen LogP contribution in [0.2, 0.25) is 0 Å². The third-order valence-corrected chi connectivity index (χ3v) is 5.45. The molecule has 3 N–H and O–H groups in total. The van der Waals surface area contributed by atoms with Gasteiger partial charge in [0.2, 0.25) is 5.88 Å². The van der Waals surface area contributed by atoms with Gasteiger partial charge in [-0.15, -0.1) is 0 Å². The largest absolute Gasteiger partial charge is 0.438 e. The Balaban J connectivity index is 1.92. The van der Waals surface area contributed by atoms with Crippen LogP contribution in [0, 0.1) is 0 Å². The molecule has 0 spiro atoms. The predicted molar refractivity (Wildman–Crippen MR) is 115 cm³/mol. The minimum absolute atomic E-state index is 0.0280. The van der Waals surface area contributed by atoms with Crippen molar-refractivity contribution in [2.75, 3.05) is 12.0 Å². The number of carbonyl (C=O) groups excluding carboxylic acids is 1. The molecular weight excluding hydrogens is 404 g/mol. The normalized spacial score (nSPS) is 15.9. The van der Waals surface area contributed by atoms with Crippen LogP contribution in [0.3, 0.4) is 0 Å². The molecule has 8 nitrogen and oxygen atoms in total. The number of hydrogen-bond acceptors (Lipinski definition) is 7. The zero-order chi connectivity index (χ0) is 21.7. The third-order valence-electron chi connectivity index (χ3n) is 4.80. The number of ether oxygens (including phenoxy) is 1. The number of para-hydroxylation sites is 1. The van der Waals surface area contributed by atoms with Crippen molar-refractivity contribution in [3.63, 3.8) is 0 Å². The van der Waals surface area contributed by atoms with Crippen molar-refractivity contribution in [3.05, 3.63) is 53.2 Å². The maximum atomic E-state index is 12.9. The van der Waals surface area contributed by atoms with Gasteiger partial charge in [0.1, 0.15) is 23.0 Å². The highest BCUT2D eigenvalue weighted by Gasteiger charge is 2.27. The van der Waals surface area contributed by atoms with Gasteiger partial charge >= 0.3 is 0 Å². The number of nitrogen functional groups attached to an aromatic ring is 1. The first-order chi connectivity index (χ1) is 14.2. The maximum absolute atomic E-state index is 12.9. The summed E-state index contributed by atoms with van der Waals surface area (Å²) >= 11 is 0. The van der Waals surface area contributed by atoms with Crippen molar-refractivity contribution in [2.24, 2.45) is 0 Å². The maximum Gasteiger partial charge on any atom is 0.261 e. The lowest BCUT2D eigenvalue weighted by Crippen LogP contribution is -2.32. The van der Waals surface area contributed by atoms with Gasteiger partial charge in [-0.3, -0.25) is 4.79 Å². The number of sulfone groups is 1. The number of nitrogens with two attached hydrogens (primary N) is 1. The molecule has 0 bridgehead atoms. The van der Waals surface area contributed by atoms with E-state index in [1.54, 1.807) is 19.1 Å². The van der Waals surface area contributed by atoms with Gasteiger partial charge in [-0.05, 0) is 31.9 Å². The van der Waals surface area contributed by atoms with E-state index in [0.29, 0.717) is 11.6 Å². The van der Waals surface area contributed by atoms with Crippen molar-refractivity contribution in [1.29, 1.82) is 0 Å². The Bertz CT molecular complexity index is 1030. The molecule has 1 aliphatic carbocycles. The Morgan fingerprint density at radius 3 is 2.53 bits per heavy atom. The molecule has 9 heteroatoms. The summed E-state index contributed by atoms with van der Waals surface area (Å²) in [5.41, 5.74) is 6.19. The molecule has 3 rings (SSSR count). The van der Waals surface area contributed by atoms with Crippen LogP contribution in [-0.4, -0.2) is 36.6 Å². The van der Waals surface area contributed by atoms with Crippen LogP contribution in [-0.2, 0) is 9.84 Å². The van der Waals surface area contributed by atoms with Gasteiger partial charge in [-0.1, -0.05) is 37.1 Å². The molecule has 0 aliphatic heterocycles. The van der Waals surface area contributed by atoms with Crippen molar-refractivity contribution in [1.82, 2.24) is 15.3 Å². The Morgan fingerprint density at radius 1 is 1.23 bits per heavy atom. The lowest BCUT2D eigenvalue weighted by molar-refractivity contribution is 0.0944. The smallest absolute Gasteiger partial charge is 0.261 e. The molecule has 1 saturated carbocycles. The van der Waals surface area contributed by atoms with Gasteiger partial charge < -0.3 is 15.8 Å². The van der Waals surface area contributed by atoms with E-state index in [1.807, 2.05) is 18.2 Å². The van der Waals surface area contributed by atoms with E-state index in [4.69, 9.17) is 10.5 Å². The minimum atomic E-state index is -3.30. The highest BCUT2D eigenvalue weighted by atomic mass is 32.2. The summed E-state index contributed by atoms with van der Waals surface area (Å²) in [4.78, 5) is 21.8. The molecule has 0 radical (unpaired) electrons. The van der Waals surface area contributed by atoms with E-state index in [0.717, 1.165) is 37.3 Å². The number of nitrogens with one attached hydrogen (secondary N) is 1. The number of anilines is 1. The zero-order valence-corrected chi connectivity index (χ0v) is 17.9. The Labute approximate surface area is 176 Å². The number of aromatic nitrogens is 2. The van der Waals surface area contributed by atoms with Gasteiger partial charge in [0, 0.05) is 23.6 Å². The molecule has 30 heavy (non-hydrogen) atoms. The van der Waals surface area contributed by atoms with E-state index in [-0.39, 0.29) is 23.2 Å². The minimum Gasteiger partial charge on any atom is -0.438 e. The Kier molecular flexibility index (Phi) is 6.71. The second-order valence-electron chi connectivity index (χ2n) is 7.46. The van der Waals surface area contributed by atoms with E-state index in [2.05, 4.69) is 15.3 Å². The van der Waals surface area contributed by atoms with E-state index in [9.17, 15) is 13.2 Å². The molecule has 1 aliphatic rings. The standard InChI is InChI=1S/C21H26N4O4S/c1-14(12-13-30(2,27)28)23-20(26)17-18(22)24-19(15-8-6-7-9-15)25-21(17)29-16-10-4-3-5-11-16/h3-5,10-15H,6-9H2,1-2H3,(H,23,26)(H2,22,24,25). The first-order valence-electron chi connectivity index (χ1n) is 9.82. The van der Waals surface area contributed by atoms with Crippen LogP contribution in [0.4, 0.5) is 5.82 Å². The van der Waals surface area contributed by atoms with Crippen LogP contribution in [0.15, 0.2) is 41.8 Å². The number of hydrogen-bond donors (Lipinski definition) is 2. The first-order valence-corrected chi connectivity index (χ1v) is 11.8. The molecule has 160 valence electrons. The molecule has 1 unspecified atom stereocenters. The molecule has 2 aromatic rings. The summed E-state index contributed by atoms with van der Waals surface area (Å²) in [5, 5.41) is 3.74. The summed E-state index contributed by atoms with van der Waals surface area (Å²) < 4.78 is 28.5. The fraction of sp³-hybridized carbons (Fsp3) is 0.381. The summed E-state index contributed by atoms with van der Waals surface area (Å²) in [5.74, 6) is 0.882. The van der Waals surface area contributed by atoms with Crippen molar-refractivity contribution in [3.8, 4) is 11.6 Å². The van der Waals surface area contributed by atoms with Gasteiger partial charge in [-0.2, -0.15) is 4.98 Å². The van der Waals surface area contributed by atoms with Gasteiger partial charge in [0.15, 0.2) is 9.84 Å². The SMILES string of the molecule is CC(C=CS(C)(=O)=O)NC(=O)c1c(N)nc(C2CCCC2)nc1Oc1ccccc1. The molecular formula is C21H26N4O4S. The molecule has 1 heterocycles. The fourth-order valence-electron chi connectivity index (χ4n) is 3.32. The number of benzene rings is 1. The highest BCUT2D eigenvalue weighted by molar-refractivity contribution is 7.93. The van der Waals surface area contributed by atoms with Crippen molar-refractivity contribution in [2.45, 2.75) is 44.6 Å². The van der Waals surface area contributed by atoms with Gasteiger partial charge in [0.05, 0.1) is 0 Å². The number of carbonyl (C=O) groups is 1. The van der Waals surface area contributed by atoms with Crippen molar-refractivity contribution >= 4 is 21.6 Å². The molecule has 1 fully saturated rings. The lowest BCUT2D eigenvalue weighted by atomic mass is 10.1. The lowest BCUT2D eigenvalue weighted by Gasteiger charge is -2.17. The van der Waals surface area contributed by atoms with E-state index >= 15 is 0 Å². The van der Waals surface area contributed by atoms with Gasteiger partial charge in [0.25, 0.3) is 5.91 Å². The zero-order valence-electron chi connectivity index (χ0n) is 17.0. The summed E-state index contributed by atoms with van der Waals surface area (Å²) in [6, 6.07) is 8.45. The number of amides is 1. The summed E-state index contributed by atoms with van der Waals surface area (Å²) in [6.07, 6.45) is 6.63. The molecule has 1 aromatic carbocycles. The van der Waals surface area contributed by atoms with Crippen LogP contribution >= 0.6 is 0 Å². The van der Waals surface area contributed by atoms with E-state index < -0.39 is 21.8 Å². The molecule has 1 atom stereocenters. The quantitative estimate of drug-likeness (QED) is 0.691. The van der Waals surface area contributed by atoms with Crippen molar-refractivity contribution < 1.29 is 17.9 Å². The van der Waals surface area contributed by atoms with E-state index in [1.165, 1.54) is 6.08 Å².